The van der Waals surface area contributed by atoms with E-state index in [1.165, 1.54) is 12.8 Å². The summed E-state index contributed by atoms with van der Waals surface area (Å²) < 4.78 is 11.5. The summed E-state index contributed by atoms with van der Waals surface area (Å²) in [5.74, 6) is 1.79. The zero-order valence-electron chi connectivity index (χ0n) is 18.0. The number of rotatable bonds is 10. The van der Waals surface area contributed by atoms with Gasteiger partial charge in [-0.2, -0.15) is 0 Å². The number of carbonyl (C=O) groups excluding carboxylic acids is 1. The first-order chi connectivity index (χ1) is 14.6. The van der Waals surface area contributed by atoms with Crippen molar-refractivity contribution in [2.24, 2.45) is 5.92 Å². The number of carbonyl (C=O) groups is 1. The Morgan fingerprint density at radius 3 is 2.57 bits per heavy atom. The van der Waals surface area contributed by atoms with E-state index in [0.717, 1.165) is 48.9 Å². The zero-order valence-corrected chi connectivity index (χ0v) is 18.0. The highest BCUT2D eigenvalue weighted by Crippen LogP contribution is 2.28. The third kappa shape index (κ3) is 7.04. The van der Waals surface area contributed by atoms with Crippen molar-refractivity contribution in [1.82, 2.24) is 10.6 Å². The zero-order chi connectivity index (χ0) is 21.2. The third-order valence-corrected chi connectivity index (χ3v) is 5.22. The minimum absolute atomic E-state index is 0.0682. The van der Waals surface area contributed by atoms with Crippen LogP contribution in [0.1, 0.15) is 30.9 Å². The molecule has 3 N–H and O–H groups in total. The van der Waals surface area contributed by atoms with Gasteiger partial charge in [0, 0.05) is 12.2 Å². The largest absolute Gasteiger partial charge is 0.490 e. The molecule has 0 unspecified atom stereocenters. The number of anilines is 1. The van der Waals surface area contributed by atoms with Crippen LogP contribution in [0.15, 0.2) is 42.5 Å². The number of ether oxygens (including phenoxy) is 2. The minimum atomic E-state index is -0.200. The van der Waals surface area contributed by atoms with Gasteiger partial charge in [0.1, 0.15) is 0 Å². The average Bonchev–Trinajstić information content (AvgIpc) is 2.76. The van der Waals surface area contributed by atoms with Crippen molar-refractivity contribution in [3.63, 3.8) is 0 Å². The number of benzene rings is 2. The quantitative estimate of drug-likeness (QED) is 0.558. The summed E-state index contributed by atoms with van der Waals surface area (Å²) >= 11 is 0. The lowest BCUT2D eigenvalue weighted by atomic mass is 9.98. The fourth-order valence-corrected chi connectivity index (χ4v) is 3.53. The minimum Gasteiger partial charge on any atom is -0.490 e. The van der Waals surface area contributed by atoms with Gasteiger partial charge in [-0.1, -0.05) is 23.8 Å². The number of aryl methyl sites for hydroxylation is 1. The fourth-order valence-electron chi connectivity index (χ4n) is 3.53. The van der Waals surface area contributed by atoms with Gasteiger partial charge in [0.2, 0.25) is 0 Å². The molecule has 30 heavy (non-hydrogen) atoms. The maximum Gasteiger partial charge on any atom is 0.262 e. The summed E-state index contributed by atoms with van der Waals surface area (Å²) in [6, 6.07) is 13.6. The second-order valence-corrected chi connectivity index (χ2v) is 7.74. The molecule has 0 saturated carbocycles. The lowest BCUT2D eigenvalue weighted by Crippen LogP contribution is -2.33. The molecule has 1 fully saturated rings. The topological polar surface area (TPSA) is 71.6 Å². The van der Waals surface area contributed by atoms with Gasteiger partial charge in [-0.3, -0.25) is 4.79 Å². The van der Waals surface area contributed by atoms with Crippen molar-refractivity contribution >= 4 is 11.6 Å². The second kappa shape index (κ2) is 11.6. The van der Waals surface area contributed by atoms with E-state index in [9.17, 15) is 4.79 Å². The molecule has 2 aromatic rings. The molecule has 6 heteroatoms. The number of amides is 1. The normalized spacial score (nSPS) is 14.3. The molecule has 0 atom stereocenters. The van der Waals surface area contributed by atoms with Gasteiger partial charge in [-0.15, -0.1) is 0 Å². The highest BCUT2D eigenvalue weighted by Gasteiger charge is 2.13. The Kier molecular flexibility index (Phi) is 8.53. The fraction of sp³-hybridized carbons (Fsp3) is 0.458. The van der Waals surface area contributed by atoms with E-state index in [4.69, 9.17) is 9.47 Å². The van der Waals surface area contributed by atoms with Gasteiger partial charge >= 0.3 is 0 Å². The van der Waals surface area contributed by atoms with Crippen LogP contribution in [0.5, 0.6) is 11.5 Å². The van der Waals surface area contributed by atoms with Crippen molar-refractivity contribution in [3.8, 4) is 11.5 Å². The van der Waals surface area contributed by atoms with E-state index in [1.807, 2.05) is 56.3 Å². The van der Waals surface area contributed by atoms with Crippen LogP contribution in [-0.2, 0) is 11.3 Å². The average molecular weight is 412 g/mol. The molecule has 0 aromatic heterocycles. The lowest BCUT2D eigenvalue weighted by molar-refractivity contribution is -0.118. The van der Waals surface area contributed by atoms with Gasteiger partial charge in [0.25, 0.3) is 5.91 Å². The molecular weight excluding hydrogens is 378 g/mol. The Morgan fingerprint density at radius 2 is 1.83 bits per heavy atom. The van der Waals surface area contributed by atoms with Crippen LogP contribution >= 0.6 is 0 Å². The van der Waals surface area contributed by atoms with E-state index in [0.29, 0.717) is 18.1 Å². The standard InChI is InChI=1S/C24H33N3O3/c1-3-29-23-14-20(16-26-15-19-10-12-25-13-11-19)6-9-22(23)30-17-24(28)27-21-7-4-18(2)5-8-21/h4-9,14,19,25-26H,3,10-13,15-17H2,1-2H3,(H,27,28). The first-order valence-corrected chi connectivity index (χ1v) is 10.8. The van der Waals surface area contributed by atoms with Crippen molar-refractivity contribution in [1.29, 1.82) is 0 Å². The molecule has 3 rings (SSSR count). The first-order valence-electron chi connectivity index (χ1n) is 10.8. The Bertz CT molecular complexity index is 802. The predicted octanol–water partition coefficient (Wildman–Crippen LogP) is 3.50. The second-order valence-electron chi connectivity index (χ2n) is 7.74. The summed E-state index contributed by atoms with van der Waals surface area (Å²) in [4.78, 5) is 12.2. The van der Waals surface area contributed by atoms with Crippen LogP contribution in [-0.4, -0.2) is 38.8 Å². The molecule has 0 bridgehead atoms. The predicted molar refractivity (Wildman–Crippen MR) is 120 cm³/mol. The smallest absolute Gasteiger partial charge is 0.262 e. The lowest BCUT2D eigenvalue weighted by Gasteiger charge is -2.23. The van der Waals surface area contributed by atoms with Crippen LogP contribution in [0.4, 0.5) is 5.69 Å². The number of nitrogens with one attached hydrogen (secondary N) is 3. The molecular formula is C24H33N3O3. The van der Waals surface area contributed by atoms with Gasteiger partial charge in [-0.05, 0) is 82.1 Å². The molecule has 0 spiro atoms. The number of hydrogen-bond donors (Lipinski definition) is 3. The molecule has 6 nitrogen and oxygen atoms in total. The molecule has 162 valence electrons. The van der Waals surface area contributed by atoms with Crippen LogP contribution in [0.25, 0.3) is 0 Å². The molecule has 1 aliphatic heterocycles. The van der Waals surface area contributed by atoms with Gasteiger partial charge < -0.3 is 25.4 Å². The van der Waals surface area contributed by atoms with E-state index in [1.54, 1.807) is 0 Å². The summed E-state index contributed by atoms with van der Waals surface area (Å²) in [6.07, 6.45) is 2.46. The monoisotopic (exact) mass is 411 g/mol. The van der Waals surface area contributed by atoms with E-state index in [-0.39, 0.29) is 12.5 Å². The van der Waals surface area contributed by atoms with Crippen molar-refractivity contribution in [3.05, 3.63) is 53.6 Å². The summed E-state index contributed by atoms with van der Waals surface area (Å²) in [5, 5.41) is 9.79. The van der Waals surface area contributed by atoms with E-state index in [2.05, 4.69) is 16.0 Å². The Morgan fingerprint density at radius 1 is 1.07 bits per heavy atom. The first kappa shape index (κ1) is 22.1. The summed E-state index contributed by atoms with van der Waals surface area (Å²) in [7, 11) is 0. The highest BCUT2D eigenvalue weighted by molar-refractivity contribution is 5.91. The Balaban J connectivity index is 1.50. The highest BCUT2D eigenvalue weighted by atomic mass is 16.5. The van der Waals surface area contributed by atoms with E-state index >= 15 is 0 Å². The maximum absolute atomic E-state index is 12.2. The summed E-state index contributed by atoms with van der Waals surface area (Å²) in [6.45, 7) is 8.47. The molecule has 1 amide bonds. The Labute approximate surface area is 179 Å². The molecule has 0 aliphatic carbocycles. The molecule has 2 aromatic carbocycles. The molecule has 1 heterocycles. The van der Waals surface area contributed by atoms with Crippen molar-refractivity contribution in [2.45, 2.75) is 33.2 Å². The molecule has 1 saturated heterocycles. The van der Waals surface area contributed by atoms with Gasteiger partial charge in [-0.25, -0.2) is 0 Å². The Hall–Kier alpha value is -2.57. The molecule has 0 radical (unpaired) electrons. The van der Waals surface area contributed by atoms with Crippen molar-refractivity contribution < 1.29 is 14.3 Å². The van der Waals surface area contributed by atoms with Crippen LogP contribution in [0.3, 0.4) is 0 Å². The van der Waals surface area contributed by atoms with Gasteiger partial charge in [0.15, 0.2) is 18.1 Å². The van der Waals surface area contributed by atoms with Crippen molar-refractivity contribution in [2.75, 3.05) is 38.2 Å². The maximum atomic E-state index is 12.2. The van der Waals surface area contributed by atoms with Crippen LogP contribution in [0.2, 0.25) is 0 Å². The SMILES string of the molecule is CCOc1cc(CNCC2CCNCC2)ccc1OCC(=O)Nc1ccc(C)cc1. The number of hydrogen-bond acceptors (Lipinski definition) is 5. The summed E-state index contributed by atoms with van der Waals surface area (Å²) in [5.41, 5.74) is 3.05. The molecule has 1 aliphatic rings. The van der Waals surface area contributed by atoms with Crippen LogP contribution in [0, 0.1) is 12.8 Å². The van der Waals surface area contributed by atoms with E-state index < -0.39 is 0 Å². The van der Waals surface area contributed by atoms with Crippen LogP contribution < -0.4 is 25.4 Å². The third-order valence-electron chi connectivity index (χ3n) is 5.22. The van der Waals surface area contributed by atoms with Gasteiger partial charge in [0.05, 0.1) is 6.61 Å². The number of piperidine rings is 1.